The molecule has 0 aliphatic heterocycles. The molecule has 1 rings (SSSR count). The van der Waals surface area contributed by atoms with E-state index in [-0.39, 0.29) is 35.5 Å². The van der Waals surface area contributed by atoms with Crippen LogP contribution in [0.3, 0.4) is 0 Å². The van der Waals surface area contributed by atoms with Gasteiger partial charge in [-0.25, -0.2) is 4.79 Å². The van der Waals surface area contributed by atoms with E-state index in [1.165, 1.54) is 0 Å². The summed E-state index contributed by atoms with van der Waals surface area (Å²) < 4.78 is 4.78. The van der Waals surface area contributed by atoms with E-state index in [9.17, 15) is 4.79 Å². The molecule has 1 aromatic rings. The van der Waals surface area contributed by atoms with Crippen molar-refractivity contribution in [2.75, 3.05) is 6.61 Å². The summed E-state index contributed by atoms with van der Waals surface area (Å²) in [5.74, 6) is -0.276. The number of hydrogen-bond donors (Lipinski definition) is 0. The van der Waals surface area contributed by atoms with E-state index in [4.69, 9.17) is 4.74 Å². The Hall–Kier alpha value is -0.310. The van der Waals surface area contributed by atoms with E-state index in [1.807, 2.05) is 0 Å². The number of benzene rings is 1. The van der Waals surface area contributed by atoms with Gasteiger partial charge in [0.2, 0.25) is 0 Å². The van der Waals surface area contributed by atoms with Crippen LogP contribution in [-0.2, 0) is 4.74 Å². The average Bonchev–Trinajstić information content (AvgIpc) is 2.07. The summed E-state index contributed by atoms with van der Waals surface area (Å²) in [6.07, 6.45) is 0. The molecule has 1 aromatic carbocycles. The van der Waals surface area contributed by atoms with Crippen LogP contribution < -0.4 is 0 Å². The second-order valence-electron chi connectivity index (χ2n) is 2.01. The molecule has 0 fully saturated rings. The van der Waals surface area contributed by atoms with E-state index in [0.29, 0.717) is 12.2 Å². The van der Waals surface area contributed by atoms with E-state index in [1.54, 1.807) is 31.2 Å². The van der Waals surface area contributed by atoms with E-state index in [2.05, 4.69) is 6.07 Å². The number of esters is 1. The Bertz CT molecular complexity index is 234. The predicted octanol–water partition coefficient (Wildman–Crippen LogP) is 1.01. The van der Waals surface area contributed by atoms with Gasteiger partial charge >= 0.3 is 35.5 Å². The summed E-state index contributed by atoms with van der Waals surface area (Å²) in [4.78, 5) is 11.0. The van der Waals surface area contributed by atoms with Crippen molar-refractivity contribution < 1.29 is 9.53 Å². The maximum absolute atomic E-state index is 11.0. The quantitative estimate of drug-likeness (QED) is 0.493. The summed E-state index contributed by atoms with van der Waals surface area (Å²) in [6.45, 7) is 2.20. The zero-order valence-electron chi connectivity index (χ0n) is 6.33. The van der Waals surface area contributed by atoms with Gasteiger partial charge in [-0.1, -0.05) is 12.1 Å². The van der Waals surface area contributed by atoms with Crippen molar-refractivity contribution >= 4 is 35.5 Å². The van der Waals surface area contributed by atoms with E-state index < -0.39 is 0 Å². The van der Waals surface area contributed by atoms with Gasteiger partial charge < -0.3 is 4.74 Å². The molecule has 59 valence electrons. The second-order valence-corrected chi connectivity index (χ2v) is 2.01. The van der Waals surface area contributed by atoms with Gasteiger partial charge in [0, 0.05) is 0 Å². The van der Waals surface area contributed by atoms with Gasteiger partial charge in [-0.2, -0.15) is 0 Å². The average molecular weight is 173 g/mol. The van der Waals surface area contributed by atoms with Crippen molar-refractivity contribution in [3.63, 3.8) is 0 Å². The first-order valence-corrected chi connectivity index (χ1v) is 3.48. The SMILES string of the molecule is CCOC(=O)c1cc[c]cc1.[NaH]. The van der Waals surface area contributed by atoms with E-state index >= 15 is 0 Å². The van der Waals surface area contributed by atoms with Crippen molar-refractivity contribution in [3.8, 4) is 0 Å². The molecule has 0 amide bonds. The molecule has 12 heavy (non-hydrogen) atoms. The minimum atomic E-state index is -0.276. The molecular formula is C9H10NaO2. The number of carbonyl (C=O) groups excluding carboxylic acids is 1. The van der Waals surface area contributed by atoms with Gasteiger partial charge in [0.15, 0.2) is 0 Å². The predicted molar refractivity (Wildman–Crippen MR) is 48.4 cm³/mol. The van der Waals surface area contributed by atoms with Crippen LogP contribution in [0.4, 0.5) is 0 Å². The molecule has 0 spiro atoms. The fraction of sp³-hybridized carbons (Fsp3) is 0.222. The third-order valence-corrected chi connectivity index (χ3v) is 1.23. The van der Waals surface area contributed by atoms with Crippen LogP contribution in [0.15, 0.2) is 24.3 Å². The van der Waals surface area contributed by atoms with Crippen molar-refractivity contribution in [2.24, 2.45) is 0 Å². The first-order chi connectivity index (χ1) is 5.34. The molecule has 0 unspecified atom stereocenters. The van der Waals surface area contributed by atoms with Gasteiger partial charge in [0.1, 0.15) is 0 Å². The summed E-state index contributed by atoms with van der Waals surface area (Å²) >= 11 is 0. The molecule has 0 heterocycles. The van der Waals surface area contributed by atoms with Gasteiger partial charge in [0.05, 0.1) is 12.2 Å². The van der Waals surface area contributed by atoms with Gasteiger partial charge in [-0.05, 0) is 25.1 Å². The molecule has 0 aliphatic carbocycles. The zero-order valence-corrected chi connectivity index (χ0v) is 6.33. The standard InChI is InChI=1S/C9H9O2.Na.H/c1-2-11-9(10)8-6-4-3-5-7-8;;/h4-7H,2H2,1H3;;. The van der Waals surface area contributed by atoms with Crippen molar-refractivity contribution in [1.82, 2.24) is 0 Å². The molecule has 3 heteroatoms. The summed E-state index contributed by atoms with van der Waals surface area (Å²) in [5, 5.41) is 0. The molecule has 1 radical (unpaired) electrons. The topological polar surface area (TPSA) is 26.3 Å². The molecule has 0 aliphatic rings. The normalized spacial score (nSPS) is 8.42. The Morgan fingerprint density at radius 3 is 2.58 bits per heavy atom. The Labute approximate surface area is 94.2 Å². The summed E-state index contributed by atoms with van der Waals surface area (Å²) in [7, 11) is 0. The van der Waals surface area contributed by atoms with Crippen LogP contribution in [0.25, 0.3) is 0 Å². The molecule has 0 atom stereocenters. The molecule has 2 nitrogen and oxygen atoms in total. The van der Waals surface area contributed by atoms with Crippen LogP contribution >= 0.6 is 0 Å². The van der Waals surface area contributed by atoms with Crippen LogP contribution in [0.5, 0.6) is 0 Å². The van der Waals surface area contributed by atoms with Crippen LogP contribution in [0, 0.1) is 6.07 Å². The van der Waals surface area contributed by atoms with Crippen LogP contribution in [0.2, 0.25) is 0 Å². The zero-order chi connectivity index (χ0) is 8.10. The third kappa shape index (κ3) is 3.39. The van der Waals surface area contributed by atoms with Gasteiger partial charge in [0.25, 0.3) is 0 Å². The van der Waals surface area contributed by atoms with Crippen molar-refractivity contribution in [3.05, 3.63) is 35.9 Å². The molecule has 0 saturated heterocycles. The third-order valence-electron chi connectivity index (χ3n) is 1.23. The monoisotopic (exact) mass is 173 g/mol. The molecule has 0 saturated carbocycles. The first-order valence-electron chi connectivity index (χ1n) is 3.48. The van der Waals surface area contributed by atoms with Crippen molar-refractivity contribution in [2.45, 2.75) is 6.92 Å². The first kappa shape index (κ1) is 11.7. The molecule has 0 bridgehead atoms. The van der Waals surface area contributed by atoms with E-state index in [0.717, 1.165) is 0 Å². The molecule has 0 aromatic heterocycles. The van der Waals surface area contributed by atoms with Crippen molar-refractivity contribution in [1.29, 1.82) is 0 Å². The Kier molecular flexibility index (Phi) is 6.07. The number of rotatable bonds is 2. The Morgan fingerprint density at radius 1 is 1.50 bits per heavy atom. The van der Waals surface area contributed by atoms with Crippen LogP contribution in [-0.4, -0.2) is 42.1 Å². The van der Waals surface area contributed by atoms with Gasteiger partial charge in [-0.15, -0.1) is 0 Å². The molecule has 0 N–H and O–H groups in total. The fourth-order valence-electron chi connectivity index (χ4n) is 0.737. The molecular weight excluding hydrogens is 163 g/mol. The number of ether oxygens (including phenoxy) is 1. The number of hydrogen-bond acceptors (Lipinski definition) is 2. The Morgan fingerprint density at radius 2 is 2.08 bits per heavy atom. The summed E-state index contributed by atoms with van der Waals surface area (Å²) in [6, 6.07) is 9.55. The van der Waals surface area contributed by atoms with Crippen LogP contribution in [0.1, 0.15) is 17.3 Å². The minimum absolute atomic E-state index is 0. The maximum atomic E-state index is 11.0. The second kappa shape index (κ2) is 6.23. The number of carbonyl (C=O) groups is 1. The summed E-state index contributed by atoms with van der Waals surface area (Å²) in [5.41, 5.74) is 0.575. The fourth-order valence-corrected chi connectivity index (χ4v) is 0.737. The van der Waals surface area contributed by atoms with Gasteiger partial charge in [-0.3, -0.25) is 0 Å². The Balaban J connectivity index is 0.00000121.